The minimum Gasteiger partial charge on any atom is 1.00 e. The van der Waals surface area contributed by atoms with Gasteiger partial charge >= 0.3 is 140 Å². The summed E-state index contributed by atoms with van der Waals surface area (Å²) in [5, 5.41) is 41.1. The van der Waals surface area contributed by atoms with Crippen LogP contribution in [0.2, 0.25) is 0 Å². The molecule has 0 radical (unpaired) electrons. The van der Waals surface area contributed by atoms with E-state index in [0.29, 0.717) is 23.1 Å². The van der Waals surface area contributed by atoms with Gasteiger partial charge in [-0.25, -0.2) is 25.3 Å². The summed E-state index contributed by atoms with van der Waals surface area (Å²) in [5.41, 5.74) is -0.582. The van der Waals surface area contributed by atoms with Gasteiger partial charge < -0.3 is 35.4 Å². The van der Waals surface area contributed by atoms with Crippen molar-refractivity contribution in [2.24, 2.45) is 10.2 Å². The predicted octanol–water partition coefficient (Wildman–Crippen LogP) is -3.61. The Labute approximate surface area is 448 Å². The summed E-state index contributed by atoms with van der Waals surface area (Å²) in [6.07, 6.45) is -1.31. The van der Waals surface area contributed by atoms with E-state index in [1.165, 1.54) is 43.3 Å². The summed E-state index contributed by atoms with van der Waals surface area (Å²) in [5.74, 6) is -2.64. The van der Waals surface area contributed by atoms with E-state index in [2.05, 4.69) is 85.1 Å². The Morgan fingerprint density at radius 1 is 0.905 bits per heavy atom. The van der Waals surface area contributed by atoms with Crippen LogP contribution in [0.4, 0.5) is 44.7 Å². The third-order valence-electron chi connectivity index (χ3n) is 6.92. The molecule has 22 nitrogen and oxygen atoms in total. The number of hydrogen-bond acceptors (Lipinski definition) is 22. The Bertz CT molecular complexity index is 2760. The molecule has 324 valence electrons. The van der Waals surface area contributed by atoms with E-state index < -0.39 is 82.9 Å². The van der Waals surface area contributed by atoms with Gasteiger partial charge in [0.15, 0.2) is 15.6 Å². The number of amides is 1. The zero-order valence-corrected chi connectivity index (χ0v) is 47.8. The van der Waals surface area contributed by atoms with E-state index in [9.17, 15) is 53.9 Å². The van der Waals surface area contributed by atoms with Crippen molar-refractivity contribution in [3.8, 4) is 5.75 Å². The van der Waals surface area contributed by atoms with Crippen LogP contribution in [0, 0.1) is 6.08 Å². The predicted molar refractivity (Wildman–Crippen MR) is 231 cm³/mol. The van der Waals surface area contributed by atoms with Crippen molar-refractivity contribution in [2.45, 2.75) is 21.6 Å². The summed E-state index contributed by atoms with van der Waals surface area (Å²) in [7, 11) is -14.4. The topological polar surface area (TPSA) is 336 Å². The average Bonchev–Trinajstić information content (AvgIpc) is 3.12. The molecule has 0 saturated carbocycles. The number of aromatic hydroxyl groups is 1. The number of phenolic OH excluding ortho intramolecular Hbond substituents is 1. The summed E-state index contributed by atoms with van der Waals surface area (Å²) in [6.45, 7) is 3.16. The van der Waals surface area contributed by atoms with Crippen LogP contribution in [0.25, 0.3) is 10.8 Å². The Morgan fingerprint density at radius 2 is 1.48 bits per heavy atom. The van der Waals surface area contributed by atoms with Crippen molar-refractivity contribution in [1.29, 1.82) is 0 Å². The van der Waals surface area contributed by atoms with Crippen molar-refractivity contribution in [3.63, 3.8) is 0 Å². The van der Waals surface area contributed by atoms with Gasteiger partial charge in [0.25, 0.3) is 0 Å². The number of alkyl halides is 1. The van der Waals surface area contributed by atoms with Gasteiger partial charge in [-0.05, 0) is 66.0 Å². The van der Waals surface area contributed by atoms with Gasteiger partial charge in [-0.1, -0.05) is 6.07 Å². The molecule has 4 aromatic carbocycles. The normalized spacial score (nSPS) is 11.6. The number of hydrogen-bond donors (Lipinski definition) is 4. The summed E-state index contributed by atoms with van der Waals surface area (Å²) >= 11 is 2.40. The first-order chi connectivity index (χ1) is 28.0. The molecule has 1 aromatic heterocycles. The number of nitrogens with zero attached hydrogens (tertiary/aromatic N) is 5. The van der Waals surface area contributed by atoms with Crippen LogP contribution < -0.4 is 110 Å². The maximum absolute atomic E-state index is 14.5. The van der Waals surface area contributed by atoms with Crippen LogP contribution >= 0.6 is 52.8 Å². The third-order valence-corrected chi connectivity index (χ3v) is 10.6. The number of carbonyl (C=O) groups excluding carboxylic acids is 1. The number of nitrogens with one attached hydrogen (secondary N) is 3. The quantitative estimate of drug-likeness (QED) is 0.00708. The number of fused-ring (bicyclic) bond motifs is 1. The molecular weight excluding hydrogens is 1200 g/mol. The smallest absolute Gasteiger partial charge is 1.00 e. The van der Waals surface area contributed by atoms with Gasteiger partial charge in [0, 0.05) is 29.4 Å². The first kappa shape index (κ1) is 60.4. The number of azo groups is 1. The first-order valence-electron chi connectivity index (χ1n) is 15.7. The van der Waals surface area contributed by atoms with Gasteiger partial charge in [0.05, 0.1) is 39.1 Å². The number of benzene rings is 4. The Kier molecular flexibility index (Phi) is 26.3. The molecule has 33 heteroatoms. The number of aromatic nitrogens is 3. The second kappa shape index (κ2) is 27.4. The molecule has 0 aliphatic rings. The zero-order chi connectivity index (χ0) is 44.4. The molecule has 5 rings (SSSR count). The maximum atomic E-state index is 14.5. The Hall–Kier alpha value is -0.600. The molecule has 4 N–H and O–H groups in total. The first-order valence-corrected chi connectivity index (χ1v) is 33.4. The molecule has 0 fully saturated rings. The molecule has 63 heavy (non-hydrogen) atoms. The fraction of sp³-hybridized carbons (Fsp3) is 0.133. The van der Waals surface area contributed by atoms with Crippen molar-refractivity contribution in [1.82, 2.24) is 15.0 Å². The number of anilines is 5. The van der Waals surface area contributed by atoms with Crippen LogP contribution in [-0.2, 0) is 48.7 Å². The van der Waals surface area contributed by atoms with Crippen LogP contribution in [0.3, 0.4) is 0 Å². The largest absolute Gasteiger partial charge is 1.00 e. The monoisotopic (exact) mass is 1220 g/mol. The minimum absolute atomic E-state index is 0. The standard InChI is InChI=1S/C29H25FN8O14S4.CH5I2P.3Na/c1-15(39)31-18-3-2-16-12-23(53-52-51-41)25(26(40)21(16)13-18)38-37-22-14-19(6-9-24(22)55(44,45)46)33-29-35-27(30)34-28(36-29)32-17-4-7-20(8-5-17)54(42,43)11-10-50-56(47,48)49;1-3(2)4;;;/h2-9,12-14,40-41H,10-11H2,1H3,(H,31,39)(H,44,45,46)(H,47,48,49)(H2,32,33,34,35,36);4H2,1H3;;;/q;;3*+1/p-3. The second-order valence-electron chi connectivity index (χ2n) is 11.3. The fourth-order valence-electron chi connectivity index (χ4n) is 4.65. The molecule has 1 unspecified atom stereocenters. The SMILES string of the molecule is CC(=O)Nc1ccc2cc(SOO[O-])c(N=Nc3cc(Nc4nc(F)nc(Nc5ccc(S(=O)(=O)CCOS(=O)(=O)[O-])cc5)n4)ccc3S(=O)(=O)[O-])c(O)c2c1.CI(P)I.[Na+].[Na+].[Na+]. The van der Waals surface area contributed by atoms with Crippen LogP contribution in [0.5, 0.6) is 5.75 Å². The molecule has 5 aromatic rings. The number of phenols is 1. The molecule has 0 bridgehead atoms. The molecule has 0 aliphatic carbocycles. The van der Waals surface area contributed by atoms with E-state index in [4.69, 9.17) is 0 Å². The van der Waals surface area contributed by atoms with Crippen molar-refractivity contribution in [2.75, 3.05) is 33.2 Å². The van der Waals surface area contributed by atoms with Gasteiger partial charge in [0.2, 0.25) is 28.2 Å². The van der Waals surface area contributed by atoms with E-state index in [-0.39, 0.29) is 136 Å². The Balaban J connectivity index is 0.00000272. The molecule has 1 amide bonds. The van der Waals surface area contributed by atoms with E-state index in [1.54, 1.807) is 0 Å². The van der Waals surface area contributed by atoms with Crippen LogP contribution in [0.15, 0.2) is 91.6 Å². The minimum atomic E-state index is -5.20. The molecule has 1 atom stereocenters. The Morgan fingerprint density at radius 3 is 2.03 bits per heavy atom. The summed E-state index contributed by atoms with van der Waals surface area (Å²) in [4.78, 5) is 23.7. The number of sulfone groups is 1. The summed E-state index contributed by atoms with van der Waals surface area (Å²) < 4.78 is 116. The van der Waals surface area contributed by atoms with Gasteiger partial charge in [0.1, 0.15) is 21.5 Å². The van der Waals surface area contributed by atoms with Crippen LogP contribution in [-0.4, -0.2) is 77.6 Å². The molecule has 1 heterocycles. The summed E-state index contributed by atoms with van der Waals surface area (Å²) in [6, 6.07) is 13.5. The van der Waals surface area contributed by atoms with E-state index >= 15 is 0 Å². The molecular formula is C30H27FI2N8Na3O14PS4. The van der Waals surface area contributed by atoms with Crippen molar-refractivity contribution in [3.05, 3.63) is 72.8 Å². The van der Waals surface area contributed by atoms with E-state index in [0.717, 1.165) is 30.3 Å². The number of carbonyl (C=O) groups is 1. The van der Waals surface area contributed by atoms with Gasteiger partial charge in [-0.15, -0.1) is 10.2 Å². The molecule has 0 spiro atoms. The number of rotatable bonds is 16. The maximum Gasteiger partial charge on any atom is 1.00 e. The van der Waals surface area contributed by atoms with Gasteiger partial charge in [-0.3, -0.25) is 14.0 Å². The number of halogens is 3. The third kappa shape index (κ3) is 19.9. The fourth-order valence-corrected chi connectivity index (χ4v) is 7.22. The van der Waals surface area contributed by atoms with Crippen molar-refractivity contribution >= 4 is 140 Å². The second-order valence-corrected chi connectivity index (χ2v) is 38.0. The van der Waals surface area contributed by atoms with E-state index in [1.807, 2.05) is 0 Å². The van der Waals surface area contributed by atoms with Crippen LogP contribution in [0.1, 0.15) is 6.92 Å². The average molecular weight is 1220 g/mol. The molecule has 0 aliphatic heterocycles. The zero-order valence-electron chi connectivity index (χ0n) is 33.1. The van der Waals surface area contributed by atoms with Gasteiger partial charge in [-0.2, -0.15) is 23.7 Å². The van der Waals surface area contributed by atoms with Crippen molar-refractivity contribution < 1.29 is 156 Å². The molecule has 0 saturated heterocycles.